The molecule has 0 spiro atoms. The normalized spacial score (nSPS) is 16.6. The second kappa shape index (κ2) is 11.0. The van der Waals surface area contributed by atoms with Gasteiger partial charge in [0.1, 0.15) is 5.75 Å². The molecule has 174 valence electrons. The molecular weight excluding hydrogens is 424 g/mol. The number of rotatable bonds is 9. The summed E-state index contributed by atoms with van der Waals surface area (Å²) < 4.78 is 32.3. The first-order valence-corrected chi connectivity index (χ1v) is 12.9. The molecular formula is C25H34N2O4S. The average molecular weight is 459 g/mol. The zero-order chi connectivity index (χ0) is 23.1. The van der Waals surface area contributed by atoms with Gasteiger partial charge in [0.15, 0.2) is 0 Å². The van der Waals surface area contributed by atoms with Crippen molar-refractivity contribution in [1.29, 1.82) is 0 Å². The van der Waals surface area contributed by atoms with Crippen LogP contribution >= 0.6 is 0 Å². The van der Waals surface area contributed by atoms with E-state index in [0.717, 1.165) is 23.3 Å². The van der Waals surface area contributed by atoms with Crippen molar-refractivity contribution in [2.24, 2.45) is 11.8 Å². The Balaban J connectivity index is 1.59. The molecule has 0 aliphatic carbocycles. The van der Waals surface area contributed by atoms with Gasteiger partial charge in [-0.2, -0.15) is 0 Å². The van der Waals surface area contributed by atoms with Crippen molar-refractivity contribution in [1.82, 2.24) is 9.62 Å². The van der Waals surface area contributed by atoms with Crippen LogP contribution in [0.4, 0.5) is 0 Å². The van der Waals surface area contributed by atoms with E-state index in [9.17, 15) is 13.2 Å². The maximum absolute atomic E-state index is 13.0. The van der Waals surface area contributed by atoms with Crippen molar-refractivity contribution >= 4 is 15.9 Å². The Bertz CT molecular complexity index is 967. The van der Waals surface area contributed by atoms with Crippen LogP contribution in [0.15, 0.2) is 54.6 Å². The van der Waals surface area contributed by atoms with E-state index in [1.807, 2.05) is 54.6 Å². The highest BCUT2D eigenvalue weighted by Gasteiger charge is 2.32. The number of sulfonamides is 1. The molecule has 1 saturated heterocycles. The molecule has 2 aromatic rings. The highest BCUT2D eigenvalue weighted by molar-refractivity contribution is 7.88. The molecule has 32 heavy (non-hydrogen) atoms. The molecule has 1 N–H and O–H groups in total. The lowest BCUT2D eigenvalue weighted by atomic mass is 9.93. The molecule has 6 nitrogen and oxygen atoms in total. The van der Waals surface area contributed by atoms with Crippen LogP contribution in [0.5, 0.6) is 5.75 Å². The summed E-state index contributed by atoms with van der Waals surface area (Å²) in [7, 11) is -1.75. The van der Waals surface area contributed by atoms with Gasteiger partial charge >= 0.3 is 0 Å². The van der Waals surface area contributed by atoms with Crippen molar-refractivity contribution in [3.63, 3.8) is 0 Å². The third-order valence-electron chi connectivity index (χ3n) is 5.95. The molecule has 0 saturated carbocycles. The summed E-state index contributed by atoms with van der Waals surface area (Å²) in [4.78, 5) is 13.0. The van der Waals surface area contributed by atoms with E-state index in [2.05, 4.69) is 19.2 Å². The summed E-state index contributed by atoms with van der Waals surface area (Å²) in [5.41, 5.74) is 1.83. The Labute approximate surface area is 192 Å². The Morgan fingerprint density at radius 2 is 1.69 bits per heavy atom. The Kier molecular flexibility index (Phi) is 8.32. The first-order chi connectivity index (χ1) is 15.3. The zero-order valence-corrected chi connectivity index (χ0v) is 20.0. The largest absolute Gasteiger partial charge is 0.497 e. The first kappa shape index (κ1) is 24.3. The fourth-order valence-corrected chi connectivity index (χ4v) is 5.71. The van der Waals surface area contributed by atoms with Crippen molar-refractivity contribution < 1.29 is 17.9 Å². The van der Waals surface area contributed by atoms with E-state index in [4.69, 9.17) is 4.74 Å². The summed E-state index contributed by atoms with van der Waals surface area (Å²) in [6.07, 6.45) is 1.91. The number of carbonyl (C=O) groups excluding carboxylic acids is 1. The average Bonchev–Trinajstić information content (AvgIpc) is 2.79. The number of nitrogens with zero attached hydrogens (tertiary/aromatic N) is 1. The van der Waals surface area contributed by atoms with Gasteiger partial charge in [-0.05, 0) is 48.4 Å². The van der Waals surface area contributed by atoms with Gasteiger partial charge < -0.3 is 10.1 Å². The molecule has 1 aliphatic rings. The molecule has 0 aromatic heterocycles. The van der Waals surface area contributed by atoms with Crippen LogP contribution in [0, 0.1) is 11.8 Å². The fraction of sp³-hybridized carbons (Fsp3) is 0.480. The fourth-order valence-electron chi connectivity index (χ4n) is 4.15. The van der Waals surface area contributed by atoms with E-state index < -0.39 is 10.0 Å². The van der Waals surface area contributed by atoms with Crippen LogP contribution in [0.25, 0.3) is 0 Å². The van der Waals surface area contributed by atoms with Gasteiger partial charge in [-0.15, -0.1) is 0 Å². The molecule has 1 aliphatic heterocycles. The Hall–Kier alpha value is -2.38. The molecule has 1 fully saturated rings. The summed E-state index contributed by atoms with van der Waals surface area (Å²) in [5.74, 6) is 1.04. The minimum Gasteiger partial charge on any atom is -0.497 e. The zero-order valence-electron chi connectivity index (χ0n) is 19.2. The molecule has 0 bridgehead atoms. The van der Waals surface area contributed by atoms with Crippen LogP contribution in [0.3, 0.4) is 0 Å². The first-order valence-electron chi connectivity index (χ1n) is 11.2. The van der Waals surface area contributed by atoms with Crippen LogP contribution < -0.4 is 10.1 Å². The quantitative estimate of drug-likeness (QED) is 0.613. The van der Waals surface area contributed by atoms with E-state index in [0.29, 0.717) is 31.8 Å². The lowest BCUT2D eigenvalue weighted by Crippen LogP contribution is -2.44. The number of amides is 1. The van der Waals surface area contributed by atoms with Gasteiger partial charge in [-0.3, -0.25) is 4.79 Å². The number of hydrogen-bond donors (Lipinski definition) is 1. The predicted octanol–water partition coefficient (Wildman–Crippen LogP) is 4.14. The van der Waals surface area contributed by atoms with Crippen molar-refractivity contribution in [2.75, 3.05) is 20.2 Å². The highest BCUT2D eigenvalue weighted by atomic mass is 32.2. The molecule has 1 heterocycles. The molecule has 2 aromatic carbocycles. The van der Waals surface area contributed by atoms with Gasteiger partial charge in [0.05, 0.1) is 18.9 Å². The molecule has 0 radical (unpaired) electrons. The number of ether oxygens (including phenoxy) is 1. The minimum absolute atomic E-state index is 0.00135. The maximum atomic E-state index is 13.0. The Morgan fingerprint density at radius 1 is 1.06 bits per heavy atom. The molecule has 3 rings (SSSR count). The maximum Gasteiger partial charge on any atom is 0.223 e. The summed E-state index contributed by atoms with van der Waals surface area (Å²) in [5, 5.41) is 3.22. The highest BCUT2D eigenvalue weighted by Crippen LogP contribution is 2.26. The predicted molar refractivity (Wildman–Crippen MR) is 127 cm³/mol. The smallest absolute Gasteiger partial charge is 0.223 e. The second-order valence-electron chi connectivity index (χ2n) is 8.88. The molecule has 1 atom stereocenters. The number of hydrogen-bond acceptors (Lipinski definition) is 4. The van der Waals surface area contributed by atoms with Crippen LogP contribution in [0.2, 0.25) is 0 Å². The molecule has 1 amide bonds. The van der Waals surface area contributed by atoms with Gasteiger partial charge in [-0.25, -0.2) is 12.7 Å². The molecule has 7 heteroatoms. The number of benzene rings is 2. The number of piperidine rings is 1. The third kappa shape index (κ3) is 6.56. The van der Waals surface area contributed by atoms with Crippen molar-refractivity contribution in [2.45, 2.75) is 44.9 Å². The van der Waals surface area contributed by atoms with Crippen LogP contribution in [-0.2, 0) is 20.6 Å². The van der Waals surface area contributed by atoms with Gasteiger partial charge in [0, 0.05) is 19.0 Å². The number of carbonyl (C=O) groups is 1. The van der Waals surface area contributed by atoms with E-state index >= 15 is 0 Å². The summed E-state index contributed by atoms with van der Waals surface area (Å²) in [6.45, 7) is 5.03. The third-order valence-corrected chi connectivity index (χ3v) is 7.80. The molecule has 0 unspecified atom stereocenters. The summed E-state index contributed by atoms with van der Waals surface area (Å²) in [6, 6.07) is 16.9. The SMILES string of the molecule is COc1ccc([C@H](CC(C)C)NC(=O)C2CCN(S(=O)(=O)Cc3ccccc3)CC2)cc1. The van der Waals surface area contributed by atoms with Crippen LogP contribution in [0.1, 0.15) is 50.3 Å². The lowest BCUT2D eigenvalue weighted by molar-refractivity contribution is -0.127. The second-order valence-corrected chi connectivity index (χ2v) is 10.8. The summed E-state index contributed by atoms with van der Waals surface area (Å²) >= 11 is 0. The standard InChI is InChI=1S/C25H34N2O4S/c1-19(2)17-24(21-9-11-23(31-3)12-10-21)26-25(28)22-13-15-27(16-14-22)32(29,30)18-20-7-5-4-6-8-20/h4-12,19,22,24H,13-18H2,1-3H3,(H,26,28)/t24-/m0/s1. The van der Waals surface area contributed by atoms with Crippen molar-refractivity contribution in [3.05, 3.63) is 65.7 Å². The van der Waals surface area contributed by atoms with Gasteiger partial charge in [-0.1, -0.05) is 56.3 Å². The van der Waals surface area contributed by atoms with E-state index in [1.54, 1.807) is 7.11 Å². The number of nitrogens with one attached hydrogen (secondary N) is 1. The van der Waals surface area contributed by atoms with Gasteiger partial charge in [0.2, 0.25) is 15.9 Å². The minimum atomic E-state index is -3.38. The number of methoxy groups -OCH3 is 1. The topological polar surface area (TPSA) is 75.7 Å². The van der Waals surface area contributed by atoms with Gasteiger partial charge in [0.25, 0.3) is 0 Å². The Morgan fingerprint density at radius 3 is 2.25 bits per heavy atom. The van der Waals surface area contributed by atoms with Crippen LogP contribution in [-0.4, -0.2) is 38.8 Å². The lowest BCUT2D eigenvalue weighted by Gasteiger charge is -2.32. The van der Waals surface area contributed by atoms with E-state index in [-0.39, 0.29) is 23.6 Å². The monoisotopic (exact) mass is 458 g/mol. The van der Waals surface area contributed by atoms with E-state index in [1.165, 1.54) is 4.31 Å². The van der Waals surface area contributed by atoms with Crippen molar-refractivity contribution in [3.8, 4) is 5.75 Å².